The molecule has 1 heterocycles. The van der Waals surface area contributed by atoms with Gasteiger partial charge in [0.15, 0.2) is 28.6 Å². The molecule has 1 aromatic heterocycles. The van der Waals surface area contributed by atoms with E-state index in [2.05, 4.69) is 21.3 Å². The molecule has 0 fully saturated rings. The Bertz CT molecular complexity index is 1280. The van der Waals surface area contributed by atoms with Gasteiger partial charge in [-0.25, -0.2) is 9.59 Å². The van der Waals surface area contributed by atoms with Crippen molar-refractivity contribution in [2.24, 2.45) is 0 Å². The van der Waals surface area contributed by atoms with Crippen LogP contribution in [0.5, 0.6) is 11.5 Å². The number of nitrogens with one attached hydrogen (secondary N) is 4. The summed E-state index contributed by atoms with van der Waals surface area (Å²) in [5, 5.41) is 28.5. The second-order valence-corrected chi connectivity index (χ2v) is 7.89. The summed E-state index contributed by atoms with van der Waals surface area (Å²) in [7, 11) is 0. The molecule has 2 aromatic carbocycles. The number of rotatable bonds is 13. The number of amides is 2. The molecule has 0 atom stereocenters. The van der Waals surface area contributed by atoms with Crippen LogP contribution in [0.25, 0.3) is 21.7 Å². The van der Waals surface area contributed by atoms with Gasteiger partial charge in [-0.2, -0.15) is 0 Å². The van der Waals surface area contributed by atoms with E-state index in [1.807, 2.05) is 0 Å². The Kier molecular flexibility index (Phi) is 11.5. The third-order valence-corrected chi connectivity index (χ3v) is 5.03. The molecule has 0 aliphatic heterocycles. The Labute approximate surface area is 227 Å². The Morgan fingerprint density at radius 1 is 0.769 bits per heavy atom. The van der Waals surface area contributed by atoms with Gasteiger partial charge in [0.25, 0.3) is 0 Å². The number of carbonyl (C=O) groups is 5. The van der Waals surface area contributed by atoms with Crippen molar-refractivity contribution >= 4 is 64.1 Å². The number of furan rings is 1. The first-order chi connectivity index (χ1) is 18.2. The van der Waals surface area contributed by atoms with Crippen molar-refractivity contribution in [3.05, 3.63) is 36.1 Å². The van der Waals surface area contributed by atoms with E-state index in [-0.39, 0.29) is 79.9 Å². The number of ether oxygens (including phenoxy) is 2. The van der Waals surface area contributed by atoms with Crippen LogP contribution in [-0.4, -0.2) is 79.4 Å². The number of carboxylic acid groups (broad SMARTS) is 2. The predicted molar refractivity (Wildman–Crippen MR) is 140 cm³/mol. The number of benzene rings is 2. The molecule has 39 heavy (non-hydrogen) atoms. The van der Waals surface area contributed by atoms with Crippen LogP contribution in [-0.2, 0) is 9.59 Å². The maximum atomic E-state index is 12.5. The van der Waals surface area contributed by atoms with Crippen LogP contribution in [0.1, 0.15) is 17.5 Å². The number of ketones is 1. The number of Topliss-reactive ketones (excluding diaryl/α,β-unsaturated/α-hetero) is 1. The summed E-state index contributed by atoms with van der Waals surface area (Å²) in [4.78, 5) is 58.2. The van der Waals surface area contributed by atoms with Gasteiger partial charge in [-0.3, -0.25) is 14.4 Å². The fourth-order valence-corrected chi connectivity index (χ4v) is 3.41. The summed E-state index contributed by atoms with van der Waals surface area (Å²) in [6, 6.07) is 7.97. The van der Waals surface area contributed by atoms with Gasteiger partial charge < -0.3 is 45.4 Å². The Hall–Kier alpha value is -4.40. The third kappa shape index (κ3) is 8.56. The fourth-order valence-electron chi connectivity index (χ4n) is 3.41. The second kappa shape index (κ2) is 14.5. The van der Waals surface area contributed by atoms with Crippen molar-refractivity contribution in [3.63, 3.8) is 0 Å². The quantitative estimate of drug-likeness (QED) is 0.129. The summed E-state index contributed by atoms with van der Waals surface area (Å²) in [6.07, 6.45) is -1.69. The molecule has 6 N–H and O–H groups in total. The third-order valence-electron chi connectivity index (χ3n) is 5.03. The van der Waals surface area contributed by atoms with E-state index in [1.54, 1.807) is 24.3 Å². The van der Waals surface area contributed by atoms with Crippen molar-refractivity contribution < 1.29 is 48.1 Å². The van der Waals surface area contributed by atoms with Crippen LogP contribution in [0.15, 0.2) is 34.7 Å². The lowest BCUT2D eigenvalue weighted by atomic mass is 10.1. The van der Waals surface area contributed by atoms with Crippen LogP contribution in [0.2, 0.25) is 0 Å². The molecule has 0 aliphatic rings. The van der Waals surface area contributed by atoms with Gasteiger partial charge >= 0.3 is 24.1 Å². The SMILES string of the molecule is CC(=O)c1cc2c(OC(=O)NCCNCC(=O)O)c3ccccc3c(OC(=O)NCCNCC(=O)O)c2o1.Cl. The number of hydrogen-bond acceptors (Lipinski definition) is 10. The van der Waals surface area contributed by atoms with E-state index in [4.69, 9.17) is 24.1 Å². The van der Waals surface area contributed by atoms with E-state index >= 15 is 0 Å². The number of fused-ring (bicyclic) bond motifs is 2. The van der Waals surface area contributed by atoms with Crippen LogP contribution in [0.4, 0.5) is 9.59 Å². The normalized spacial score (nSPS) is 10.5. The molecule has 0 aliphatic carbocycles. The molecule has 3 rings (SSSR count). The highest BCUT2D eigenvalue weighted by atomic mass is 35.5. The summed E-state index contributed by atoms with van der Waals surface area (Å²) in [5.41, 5.74) is -0.000947. The lowest BCUT2D eigenvalue weighted by Crippen LogP contribution is -2.35. The van der Waals surface area contributed by atoms with Crippen LogP contribution >= 0.6 is 12.4 Å². The Morgan fingerprint density at radius 2 is 1.26 bits per heavy atom. The van der Waals surface area contributed by atoms with Crippen molar-refractivity contribution in [1.29, 1.82) is 0 Å². The highest BCUT2D eigenvalue weighted by Crippen LogP contribution is 2.44. The van der Waals surface area contributed by atoms with Gasteiger partial charge in [-0.05, 0) is 6.07 Å². The first-order valence-corrected chi connectivity index (χ1v) is 11.4. The van der Waals surface area contributed by atoms with Crippen LogP contribution < -0.4 is 30.7 Å². The summed E-state index contributed by atoms with van der Waals surface area (Å²) < 4.78 is 16.8. The Balaban J connectivity index is 0.00000533. The number of carboxylic acids is 2. The zero-order valence-corrected chi connectivity index (χ0v) is 21.5. The maximum absolute atomic E-state index is 12.5. The van der Waals surface area contributed by atoms with Crippen molar-refractivity contribution in [3.8, 4) is 11.5 Å². The minimum atomic E-state index is -1.04. The minimum Gasteiger partial charge on any atom is -0.480 e. The molecular formula is C24H27ClN4O10. The van der Waals surface area contributed by atoms with Crippen molar-refractivity contribution in [2.45, 2.75) is 6.92 Å². The van der Waals surface area contributed by atoms with E-state index < -0.39 is 29.9 Å². The molecule has 0 bridgehead atoms. The van der Waals surface area contributed by atoms with Gasteiger partial charge in [0, 0.05) is 43.9 Å². The number of carbonyl (C=O) groups excluding carboxylic acids is 3. The molecule has 15 heteroatoms. The molecule has 14 nitrogen and oxygen atoms in total. The molecule has 0 saturated carbocycles. The number of halogens is 1. The largest absolute Gasteiger partial charge is 0.480 e. The lowest BCUT2D eigenvalue weighted by Gasteiger charge is -2.14. The molecular weight excluding hydrogens is 540 g/mol. The second-order valence-electron chi connectivity index (χ2n) is 7.89. The molecule has 210 valence electrons. The smallest absolute Gasteiger partial charge is 0.412 e. The zero-order chi connectivity index (χ0) is 27.7. The fraction of sp³-hybridized carbons (Fsp3) is 0.292. The molecule has 0 radical (unpaired) electrons. The highest BCUT2D eigenvalue weighted by molar-refractivity contribution is 6.12. The van der Waals surface area contributed by atoms with Crippen molar-refractivity contribution in [1.82, 2.24) is 21.3 Å². The topological polar surface area (TPSA) is 206 Å². The van der Waals surface area contributed by atoms with Gasteiger partial charge in [0.05, 0.1) is 18.5 Å². The van der Waals surface area contributed by atoms with Crippen LogP contribution in [0.3, 0.4) is 0 Å². The first-order valence-electron chi connectivity index (χ1n) is 11.4. The summed E-state index contributed by atoms with van der Waals surface area (Å²) in [5.74, 6) is -2.48. The average molecular weight is 567 g/mol. The maximum Gasteiger partial charge on any atom is 0.412 e. The average Bonchev–Trinajstić information content (AvgIpc) is 3.31. The van der Waals surface area contributed by atoms with E-state index in [0.717, 1.165) is 0 Å². The van der Waals surface area contributed by atoms with Gasteiger partial charge in [-0.1, -0.05) is 24.3 Å². The van der Waals surface area contributed by atoms with E-state index in [9.17, 15) is 24.0 Å². The standard InChI is InChI=1S/C24H26N4O10.ClH/c1-13(29)17-10-16-20(37-23(34)27-8-6-25-11-18(30)31)14-4-2-3-5-15(14)21(22(16)36-17)38-24(35)28-9-7-26-12-19(32)33;/h2-5,10,25-26H,6-9,11-12H2,1H3,(H,27,34)(H,28,35)(H,30,31)(H,32,33);1H. The molecule has 2 amide bonds. The summed E-state index contributed by atoms with van der Waals surface area (Å²) >= 11 is 0. The highest BCUT2D eigenvalue weighted by Gasteiger charge is 2.24. The van der Waals surface area contributed by atoms with Gasteiger partial charge in [0.1, 0.15) is 0 Å². The zero-order valence-electron chi connectivity index (χ0n) is 20.7. The van der Waals surface area contributed by atoms with Crippen LogP contribution in [0, 0.1) is 0 Å². The lowest BCUT2D eigenvalue weighted by molar-refractivity contribution is -0.136. The monoisotopic (exact) mass is 566 g/mol. The molecule has 3 aromatic rings. The number of hydrogen-bond donors (Lipinski definition) is 6. The first kappa shape index (κ1) is 30.8. The Morgan fingerprint density at radius 3 is 1.74 bits per heavy atom. The molecule has 0 saturated heterocycles. The van der Waals surface area contributed by atoms with E-state index in [1.165, 1.54) is 13.0 Å². The predicted octanol–water partition coefficient (Wildman–Crippen LogP) is 1.74. The van der Waals surface area contributed by atoms with Crippen molar-refractivity contribution in [2.75, 3.05) is 39.3 Å². The van der Waals surface area contributed by atoms with E-state index in [0.29, 0.717) is 10.8 Å². The molecule has 0 unspecified atom stereocenters. The molecule has 0 spiro atoms. The minimum absolute atomic E-state index is 0. The van der Waals surface area contributed by atoms with Gasteiger partial charge in [-0.15, -0.1) is 12.4 Å². The van der Waals surface area contributed by atoms with Gasteiger partial charge in [0.2, 0.25) is 0 Å². The summed E-state index contributed by atoms with van der Waals surface area (Å²) in [6.45, 7) is 1.28. The number of aliphatic carboxylic acids is 2.